The van der Waals surface area contributed by atoms with Crippen LogP contribution in [0.15, 0.2) is 0 Å². The van der Waals surface area contributed by atoms with Crippen molar-refractivity contribution >= 4 is 0 Å². The first-order valence-electron chi connectivity index (χ1n) is 8.24. The molecule has 0 amide bonds. The molecule has 2 fully saturated rings. The first-order valence-corrected chi connectivity index (χ1v) is 8.24. The highest BCUT2D eigenvalue weighted by atomic mass is 15.2. The molecule has 0 spiro atoms. The Morgan fingerprint density at radius 3 is 2.61 bits per heavy atom. The van der Waals surface area contributed by atoms with Crippen LogP contribution in [-0.2, 0) is 0 Å². The van der Waals surface area contributed by atoms with Gasteiger partial charge in [0.25, 0.3) is 0 Å². The maximum absolute atomic E-state index is 6.23. The Balaban J connectivity index is 2.12. The van der Waals surface area contributed by atoms with Gasteiger partial charge in [-0.05, 0) is 51.0 Å². The van der Waals surface area contributed by atoms with Crippen LogP contribution in [0.3, 0.4) is 0 Å². The number of unbranched alkanes of at least 4 members (excludes halogenated alkanes) is 1. The lowest BCUT2D eigenvalue weighted by Gasteiger charge is -2.51. The predicted molar refractivity (Wildman–Crippen MR) is 78.7 cm³/mol. The summed E-state index contributed by atoms with van der Waals surface area (Å²) in [4.78, 5) is 2.85. The topological polar surface area (TPSA) is 29.3 Å². The Bertz CT molecular complexity index is 247. The molecule has 0 bridgehead atoms. The number of likely N-dealkylation sites (tertiary alicyclic amines) is 1. The molecule has 3 atom stereocenters. The van der Waals surface area contributed by atoms with Crippen molar-refractivity contribution in [2.24, 2.45) is 11.7 Å². The van der Waals surface area contributed by atoms with Crippen LogP contribution in [0.4, 0.5) is 0 Å². The average molecular weight is 252 g/mol. The molecule has 0 aromatic carbocycles. The van der Waals surface area contributed by atoms with E-state index in [1.165, 1.54) is 64.3 Å². The number of piperidine rings is 1. The van der Waals surface area contributed by atoms with Gasteiger partial charge in [0.1, 0.15) is 0 Å². The Hall–Kier alpha value is -0.0800. The van der Waals surface area contributed by atoms with Gasteiger partial charge in [0.05, 0.1) is 0 Å². The van der Waals surface area contributed by atoms with Gasteiger partial charge < -0.3 is 5.73 Å². The van der Waals surface area contributed by atoms with Crippen molar-refractivity contribution in [3.63, 3.8) is 0 Å². The summed E-state index contributed by atoms with van der Waals surface area (Å²) in [7, 11) is 0. The quantitative estimate of drug-likeness (QED) is 0.783. The molecule has 2 nitrogen and oxygen atoms in total. The highest BCUT2D eigenvalue weighted by molar-refractivity contribution is 4.99. The number of nitrogens with zero attached hydrogens (tertiary/aromatic N) is 1. The molecule has 106 valence electrons. The van der Waals surface area contributed by atoms with Crippen molar-refractivity contribution < 1.29 is 0 Å². The van der Waals surface area contributed by atoms with Crippen LogP contribution < -0.4 is 5.73 Å². The van der Waals surface area contributed by atoms with Crippen LogP contribution in [0, 0.1) is 5.92 Å². The summed E-state index contributed by atoms with van der Waals surface area (Å²) in [6, 6.07) is 0.860. The fourth-order valence-electron chi connectivity index (χ4n) is 4.44. The van der Waals surface area contributed by atoms with E-state index < -0.39 is 0 Å². The second-order valence-corrected chi connectivity index (χ2v) is 6.48. The molecule has 1 aliphatic heterocycles. The largest absolute Gasteiger partial charge is 0.329 e. The molecule has 1 heterocycles. The monoisotopic (exact) mass is 252 g/mol. The minimum absolute atomic E-state index is 0.309. The second kappa shape index (κ2) is 6.38. The number of fused-ring (bicyclic) bond motifs is 1. The van der Waals surface area contributed by atoms with Gasteiger partial charge in [-0.3, -0.25) is 4.90 Å². The molecular formula is C16H32N2. The molecule has 0 aromatic heterocycles. The first-order chi connectivity index (χ1) is 8.77. The maximum Gasteiger partial charge on any atom is 0.0332 e. The lowest BCUT2D eigenvalue weighted by atomic mass is 9.81. The van der Waals surface area contributed by atoms with Crippen molar-refractivity contribution in [2.45, 2.75) is 83.2 Å². The van der Waals surface area contributed by atoms with Gasteiger partial charge in [-0.15, -0.1) is 0 Å². The van der Waals surface area contributed by atoms with Crippen molar-refractivity contribution in [1.29, 1.82) is 0 Å². The number of hydrogen-bond donors (Lipinski definition) is 1. The molecule has 1 saturated carbocycles. The average Bonchev–Trinajstić information content (AvgIpc) is 2.89. The smallest absolute Gasteiger partial charge is 0.0332 e. The second-order valence-electron chi connectivity index (χ2n) is 6.48. The van der Waals surface area contributed by atoms with Gasteiger partial charge in [0.2, 0.25) is 0 Å². The normalized spacial score (nSPS) is 32.2. The number of rotatable bonds is 6. The molecule has 2 heteroatoms. The third kappa shape index (κ3) is 2.60. The summed E-state index contributed by atoms with van der Waals surface area (Å²) in [6.07, 6.45) is 12.4. The van der Waals surface area contributed by atoms with Crippen molar-refractivity contribution in [1.82, 2.24) is 4.90 Å². The minimum atomic E-state index is 0.309. The highest BCUT2D eigenvalue weighted by Crippen LogP contribution is 2.42. The fraction of sp³-hybridized carbons (Fsp3) is 1.00. The van der Waals surface area contributed by atoms with Crippen molar-refractivity contribution in [3.05, 3.63) is 0 Å². The molecule has 3 unspecified atom stereocenters. The van der Waals surface area contributed by atoms with Crippen LogP contribution in [0.1, 0.15) is 71.6 Å². The summed E-state index contributed by atoms with van der Waals surface area (Å²) in [5.74, 6) is 0.984. The summed E-state index contributed by atoms with van der Waals surface area (Å²) < 4.78 is 0. The Labute approximate surface area is 113 Å². The summed E-state index contributed by atoms with van der Waals surface area (Å²) in [5, 5.41) is 0. The molecule has 1 aliphatic carbocycles. The summed E-state index contributed by atoms with van der Waals surface area (Å²) in [5.41, 5.74) is 6.54. The molecule has 2 rings (SSSR count). The molecule has 18 heavy (non-hydrogen) atoms. The minimum Gasteiger partial charge on any atom is -0.329 e. The molecule has 2 N–H and O–H groups in total. The molecule has 0 radical (unpaired) electrons. The van der Waals surface area contributed by atoms with Crippen LogP contribution >= 0.6 is 0 Å². The number of hydrogen-bond acceptors (Lipinski definition) is 2. The van der Waals surface area contributed by atoms with Gasteiger partial charge >= 0.3 is 0 Å². The summed E-state index contributed by atoms with van der Waals surface area (Å²) in [6.45, 7) is 6.80. The first kappa shape index (κ1) is 14.3. The van der Waals surface area contributed by atoms with Crippen molar-refractivity contribution in [2.75, 3.05) is 13.1 Å². The zero-order valence-corrected chi connectivity index (χ0v) is 12.5. The molecular weight excluding hydrogens is 220 g/mol. The van der Waals surface area contributed by atoms with Crippen molar-refractivity contribution in [3.8, 4) is 0 Å². The van der Waals surface area contributed by atoms with Crippen LogP contribution in [0.25, 0.3) is 0 Å². The Kier molecular flexibility index (Phi) is 5.08. The van der Waals surface area contributed by atoms with E-state index in [1.807, 2.05) is 0 Å². The van der Waals surface area contributed by atoms with E-state index in [1.54, 1.807) is 0 Å². The SMILES string of the molecule is CCCCC(CC)(CN)N1CCCC2CCCC21. The van der Waals surface area contributed by atoms with Crippen LogP contribution in [-0.4, -0.2) is 29.6 Å². The maximum atomic E-state index is 6.23. The van der Waals surface area contributed by atoms with Gasteiger partial charge in [-0.1, -0.05) is 33.1 Å². The van der Waals surface area contributed by atoms with Crippen LogP contribution in [0.2, 0.25) is 0 Å². The Morgan fingerprint density at radius 1 is 1.17 bits per heavy atom. The van der Waals surface area contributed by atoms with E-state index in [4.69, 9.17) is 5.73 Å². The van der Waals surface area contributed by atoms with Crippen LogP contribution in [0.5, 0.6) is 0 Å². The van der Waals surface area contributed by atoms with E-state index in [-0.39, 0.29) is 0 Å². The zero-order valence-electron chi connectivity index (χ0n) is 12.5. The Morgan fingerprint density at radius 2 is 1.94 bits per heavy atom. The van der Waals surface area contributed by atoms with Gasteiger partial charge in [-0.25, -0.2) is 0 Å². The lowest BCUT2D eigenvalue weighted by molar-refractivity contribution is -0.00563. The molecule has 0 aromatic rings. The van der Waals surface area contributed by atoms with E-state index in [0.717, 1.165) is 18.5 Å². The zero-order chi connectivity index (χ0) is 13.0. The van der Waals surface area contributed by atoms with Gasteiger partial charge in [0, 0.05) is 18.1 Å². The van der Waals surface area contributed by atoms with Gasteiger partial charge in [0.15, 0.2) is 0 Å². The molecule has 1 saturated heterocycles. The van der Waals surface area contributed by atoms with E-state index in [2.05, 4.69) is 18.7 Å². The molecule has 2 aliphatic rings. The van der Waals surface area contributed by atoms with E-state index in [0.29, 0.717) is 5.54 Å². The third-order valence-electron chi connectivity index (χ3n) is 5.64. The van der Waals surface area contributed by atoms with E-state index in [9.17, 15) is 0 Å². The summed E-state index contributed by atoms with van der Waals surface area (Å²) >= 11 is 0. The fourth-order valence-corrected chi connectivity index (χ4v) is 4.44. The predicted octanol–water partition coefficient (Wildman–Crippen LogP) is 3.55. The highest BCUT2D eigenvalue weighted by Gasteiger charge is 2.43. The third-order valence-corrected chi connectivity index (χ3v) is 5.64. The van der Waals surface area contributed by atoms with Gasteiger partial charge in [-0.2, -0.15) is 0 Å². The van der Waals surface area contributed by atoms with E-state index >= 15 is 0 Å². The number of nitrogens with two attached hydrogens (primary N) is 1. The standard InChI is InChI=1S/C16H32N2/c1-3-5-11-16(4-2,13-17)18-12-7-9-14-8-6-10-15(14)18/h14-15H,3-13,17H2,1-2H3. The lowest BCUT2D eigenvalue weighted by Crippen LogP contribution is -2.60.